The molecule has 1 aromatic rings. The third-order valence-electron chi connectivity index (χ3n) is 4.47. The third kappa shape index (κ3) is 2.41. The molecule has 20 heavy (non-hydrogen) atoms. The number of nitrogens with zero attached hydrogens (tertiary/aromatic N) is 1. The molecule has 3 rings (SSSR count). The van der Waals surface area contributed by atoms with Crippen LogP contribution in [-0.4, -0.2) is 11.4 Å². The lowest BCUT2D eigenvalue weighted by Gasteiger charge is -2.22. The molecule has 2 fully saturated rings. The minimum atomic E-state index is -0.620. The second-order valence-corrected chi connectivity index (χ2v) is 6.27. The average molecular weight is 289 g/mol. The topological polar surface area (TPSA) is 52.9 Å². The first-order chi connectivity index (χ1) is 9.65. The van der Waals surface area contributed by atoms with Crippen molar-refractivity contribution in [1.29, 1.82) is 5.26 Å². The SMILES string of the molecule is N#CC1(NC(=O)C2CC2c2ccccc2Cl)CCCC1. The maximum atomic E-state index is 12.3. The Kier molecular flexibility index (Phi) is 3.43. The van der Waals surface area contributed by atoms with Gasteiger partial charge in [-0.1, -0.05) is 29.8 Å². The van der Waals surface area contributed by atoms with Gasteiger partial charge in [-0.15, -0.1) is 0 Å². The van der Waals surface area contributed by atoms with Gasteiger partial charge < -0.3 is 5.32 Å². The molecule has 4 heteroatoms. The number of rotatable bonds is 3. The summed E-state index contributed by atoms with van der Waals surface area (Å²) in [6.45, 7) is 0. The zero-order valence-electron chi connectivity index (χ0n) is 11.2. The summed E-state index contributed by atoms with van der Waals surface area (Å²) in [5.74, 6) is 0.194. The molecular weight excluding hydrogens is 272 g/mol. The Balaban J connectivity index is 1.66. The van der Waals surface area contributed by atoms with Gasteiger partial charge in [-0.05, 0) is 49.7 Å². The van der Waals surface area contributed by atoms with Gasteiger partial charge in [0, 0.05) is 10.9 Å². The maximum absolute atomic E-state index is 12.3. The predicted molar refractivity (Wildman–Crippen MR) is 77.3 cm³/mol. The minimum Gasteiger partial charge on any atom is -0.338 e. The molecule has 1 amide bonds. The Morgan fingerprint density at radius 2 is 2.05 bits per heavy atom. The lowest BCUT2D eigenvalue weighted by molar-refractivity contribution is -0.123. The highest BCUT2D eigenvalue weighted by atomic mass is 35.5. The van der Waals surface area contributed by atoms with Crippen LogP contribution < -0.4 is 5.32 Å². The van der Waals surface area contributed by atoms with Crippen LogP contribution in [0.4, 0.5) is 0 Å². The van der Waals surface area contributed by atoms with Crippen LogP contribution in [0.1, 0.15) is 43.6 Å². The van der Waals surface area contributed by atoms with Gasteiger partial charge in [0.15, 0.2) is 0 Å². The predicted octanol–water partition coefficient (Wildman–Crippen LogP) is 3.40. The van der Waals surface area contributed by atoms with E-state index in [9.17, 15) is 10.1 Å². The third-order valence-corrected chi connectivity index (χ3v) is 4.81. The summed E-state index contributed by atoms with van der Waals surface area (Å²) in [6.07, 6.45) is 4.42. The molecule has 2 unspecified atom stereocenters. The van der Waals surface area contributed by atoms with Gasteiger partial charge in [0.25, 0.3) is 0 Å². The van der Waals surface area contributed by atoms with E-state index in [1.54, 1.807) is 0 Å². The van der Waals surface area contributed by atoms with E-state index in [1.165, 1.54) is 0 Å². The van der Waals surface area contributed by atoms with Gasteiger partial charge >= 0.3 is 0 Å². The van der Waals surface area contributed by atoms with Crippen LogP contribution in [0.5, 0.6) is 0 Å². The molecule has 1 aromatic carbocycles. The van der Waals surface area contributed by atoms with E-state index in [4.69, 9.17) is 11.6 Å². The molecule has 2 aliphatic carbocycles. The van der Waals surface area contributed by atoms with Crippen LogP contribution in [0.25, 0.3) is 0 Å². The van der Waals surface area contributed by atoms with E-state index >= 15 is 0 Å². The molecule has 0 spiro atoms. The van der Waals surface area contributed by atoms with E-state index in [1.807, 2.05) is 24.3 Å². The Hall–Kier alpha value is -1.53. The van der Waals surface area contributed by atoms with Gasteiger partial charge in [0.05, 0.1) is 6.07 Å². The zero-order chi connectivity index (χ0) is 14.2. The second kappa shape index (κ2) is 5.10. The summed E-state index contributed by atoms with van der Waals surface area (Å²) in [5.41, 5.74) is 0.428. The number of carbonyl (C=O) groups excluding carboxylic acids is 1. The molecule has 1 N–H and O–H groups in total. The first kappa shape index (κ1) is 13.5. The fraction of sp³-hybridized carbons (Fsp3) is 0.500. The van der Waals surface area contributed by atoms with Crippen molar-refractivity contribution in [3.63, 3.8) is 0 Å². The molecule has 0 aliphatic heterocycles. The summed E-state index contributed by atoms with van der Waals surface area (Å²) in [5, 5.41) is 13.0. The van der Waals surface area contributed by atoms with E-state index in [0.717, 1.165) is 42.7 Å². The fourth-order valence-electron chi connectivity index (χ4n) is 3.18. The van der Waals surface area contributed by atoms with Crippen molar-refractivity contribution in [3.8, 4) is 6.07 Å². The van der Waals surface area contributed by atoms with Crippen molar-refractivity contribution in [2.45, 2.75) is 43.6 Å². The van der Waals surface area contributed by atoms with Crippen LogP contribution >= 0.6 is 11.6 Å². The van der Waals surface area contributed by atoms with Gasteiger partial charge in [-0.25, -0.2) is 0 Å². The van der Waals surface area contributed by atoms with E-state index < -0.39 is 5.54 Å². The summed E-state index contributed by atoms with van der Waals surface area (Å²) < 4.78 is 0. The van der Waals surface area contributed by atoms with Crippen LogP contribution in [0.15, 0.2) is 24.3 Å². The maximum Gasteiger partial charge on any atom is 0.224 e. The summed E-state index contributed by atoms with van der Waals surface area (Å²) >= 11 is 6.17. The molecule has 2 saturated carbocycles. The Bertz CT molecular complexity index is 572. The average Bonchev–Trinajstić information content (AvgIpc) is 3.12. The zero-order valence-corrected chi connectivity index (χ0v) is 12.0. The number of nitriles is 1. The molecule has 0 radical (unpaired) electrons. The van der Waals surface area contributed by atoms with Crippen molar-refractivity contribution in [3.05, 3.63) is 34.9 Å². The molecule has 0 heterocycles. The van der Waals surface area contributed by atoms with Crippen LogP contribution in [0.2, 0.25) is 5.02 Å². The Morgan fingerprint density at radius 1 is 1.35 bits per heavy atom. The first-order valence-electron chi connectivity index (χ1n) is 7.13. The quantitative estimate of drug-likeness (QED) is 0.927. The monoisotopic (exact) mass is 288 g/mol. The number of carbonyl (C=O) groups is 1. The highest BCUT2D eigenvalue weighted by Crippen LogP contribution is 2.50. The second-order valence-electron chi connectivity index (χ2n) is 5.86. The van der Waals surface area contributed by atoms with Crippen LogP contribution in [0, 0.1) is 17.2 Å². The Morgan fingerprint density at radius 3 is 2.70 bits per heavy atom. The van der Waals surface area contributed by atoms with Crippen LogP contribution in [-0.2, 0) is 4.79 Å². The van der Waals surface area contributed by atoms with Gasteiger partial charge in [0.1, 0.15) is 5.54 Å². The van der Waals surface area contributed by atoms with Crippen LogP contribution in [0.3, 0.4) is 0 Å². The number of nitrogens with one attached hydrogen (secondary N) is 1. The van der Waals surface area contributed by atoms with E-state index in [0.29, 0.717) is 0 Å². The molecule has 2 aliphatic rings. The smallest absolute Gasteiger partial charge is 0.224 e. The van der Waals surface area contributed by atoms with Gasteiger partial charge in [-0.2, -0.15) is 5.26 Å². The van der Waals surface area contributed by atoms with Gasteiger partial charge in [-0.3, -0.25) is 4.79 Å². The fourth-order valence-corrected chi connectivity index (χ4v) is 3.45. The molecule has 3 nitrogen and oxygen atoms in total. The highest BCUT2D eigenvalue weighted by Gasteiger charge is 2.47. The molecule has 0 aromatic heterocycles. The summed E-state index contributed by atoms with van der Waals surface area (Å²) in [4.78, 5) is 12.3. The standard InChI is InChI=1S/C16H17ClN2O/c17-14-6-2-1-5-11(14)12-9-13(12)15(20)19-16(10-18)7-3-4-8-16/h1-2,5-6,12-13H,3-4,7-9H2,(H,19,20). The van der Waals surface area contributed by atoms with Crippen molar-refractivity contribution < 1.29 is 4.79 Å². The summed E-state index contributed by atoms with van der Waals surface area (Å²) in [7, 11) is 0. The number of hydrogen-bond donors (Lipinski definition) is 1. The number of amides is 1. The largest absolute Gasteiger partial charge is 0.338 e. The van der Waals surface area contributed by atoms with E-state index in [-0.39, 0.29) is 17.7 Å². The van der Waals surface area contributed by atoms with Crippen molar-refractivity contribution in [2.24, 2.45) is 5.92 Å². The number of halogens is 1. The lowest BCUT2D eigenvalue weighted by atomic mass is 9.99. The first-order valence-corrected chi connectivity index (χ1v) is 7.51. The number of benzene rings is 1. The van der Waals surface area contributed by atoms with Crippen molar-refractivity contribution >= 4 is 17.5 Å². The molecular formula is C16H17ClN2O. The highest BCUT2D eigenvalue weighted by molar-refractivity contribution is 6.31. The normalized spacial score (nSPS) is 26.8. The minimum absolute atomic E-state index is 0.0124. The van der Waals surface area contributed by atoms with E-state index in [2.05, 4.69) is 11.4 Å². The molecule has 0 saturated heterocycles. The lowest BCUT2D eigenvalue weighted by Crippen LogP contribution is -2.45. The molecule has 104 valence electrons. The number of hydrogen-bond acceptors (Lipinski definition) is 2. The molecule has 2 atom stereocenters. The van der Waals surface area contributed by atoms with Crippen molar-refractivity contribution in [2.75, 3.05) is 0 Å². The van der Waals surface area contributed by atoms with Crippen molar-refractivity contribution in [1.82, 2.24) is 5.32 Å². The van der Waals surface area contributed by atoms with Gasteiger partial charge in [0.2, 0.25) is 5.91 Å². The molecule has 0 bridgehead atoms. The summed E-state index contributed by atoms with van der Waals surface area (Å²) in [6, 6.07) is 9.98. The Labute approximate surface area is 123 Å².